The fraction of sp³-hybridized carbons (Fsp3) is 0.385. The van der Waals surface area contributed by atoms with Gasteiger partial charge in [-0.25, -0.2) is 0 Å². The van der Waals surface area contributed by atoms with Crippen LogP contribution in [-0.2, 0) is 4.79 Å². The Kier molecular flexibility index (Phi) is 5.55. The first-order valence-electron chi connectivity index (χ1n) is 6.09. The lowest BCUT2D eigenvalue weighted by atomic mass is 10.3. The van der Waals surface area contributed by atoms with Crippen molar-refractivity contribution in [1.29, 1.82) is 5.26 Å². The van der Waals surface area contributed by atoms with Crippen molar-refractivity contribution in [2.45, 2.75) is 19.3 Å². The highest BCUT2D eigenvalue weighted by atomic mass is 19.4. The second-order valence-corrected chi connectivity index (χ2v) is 4.49. The molecular formula is C13H15F3N3O2+. The number of nitrogens with one attached hydrogen (secondary N) is 2. The van der Waals surface area contributed by atoms with E-state index in [1.807, 2.05) is 6.07 Å². The van der Waals surface area contributed by atoms with Crippen molar-refractivity contribution in [3.63, 3.8) is 0 Å². The van der Waals surface area contributed by atoms with Crippen LogP contribution in [-0.4, -0.2) is 31.9 Å². The molecule has 0 spiro atoms. The summed E-state index contributed by atoms with van der Waals surface area (Å²) >= 11 is 0. The number of carbonyl (C=O) groups excluding carboxylic acids is 1. The third kappa shape index (κ3) is 6.14. The number of amides is 1. The molecule has 1 unspecified atom stereocenters. The van der Waals surface area contributed by atoms with Gasteiger partial charge in [-0.15, -0.1) is 13.2 Å². The Morgan fingerprint density at radius 2 is 2.00 bits per heavy atom. The number of nitriles is 1. The molecule has 1 aromatic carbocycles. The standard InChI is InChI=1S/C13H14F3N3O2/c1-9(7-17)19(2)8-12(20)18-10-3-5-11(6-4-10)21-13(14,15)16/h3-6,9H,8H2,1-2H3,(H,18,20)/p+1/t9-/m1/s1. The van der Waals surface area contributed by atoms with Crippen molar-refractivity contribution in [2.75, 3.05) is 18.9 Å². The van der Waals surface area contributed by atoms with E-state index < -0.39 is 6.36 Å². The topological polar surface area (TPSA) is 66.6 Å². The van der Waals surface area contributed by atoms with E-state index in [4.69, 9.17) is 5.26 Å². The van der Waals surface area contributed by atoms with E-state index in [9.17, 15) is 18.0 Å². The Balaban J connectivity index is 2.56. The van der Waals surface area contributed by atoms with Crippen molar-refractivity contribution >= 4 is 11.6 Å². The Bertz CT molecular complexity index is 523. The summed E-state index contributed by atoms with van der Waals surface area (Å²) in [5.41, 5.74) is 0.354. The quantitative estimate of drug-likeness (QED) is 0.851. The van der Waals surface area contributed by atoms with Crippen LogP contribution in [0.1, 0.15) is 6.92 Å². The average Bonchev–Trinajstić information content (AvgIpc) is 2.38. The zero-order valence-electron chi connectivity index (χ0n) is 11.5. The maximum absolute atomic E-state index is 12.0. The molecule has 114 valence electrons. The lowest BCUT2D eigenvalue weighted by Gasteiger charge is -2.15. The zero-order chi connectivity index (χ0) is 16.0. The molecule has 1 amide bonds. The molecule has 0 aliphatic heterocycles. The number of hydrogen-bond donors (Lipinski definition) is 2. The molecule has 1 aromatic rings. The van der Waals surface area contributed by atoms with Gasteiger partial charge in [-0.2, -0.15) is 5.26 Å². The third-order valence-corrected chi connectivity index (χ3v) is 2.74. The normalized spacial score (nSPS) is 13.9. The van der Waals surface area contributed by atoms with Gasteiger partial charge in [0.15, 0.2) is 12.6 Å². The van der Waals surface area contributed by atoms with Gasteiger partial charge < -0.3 is 15.0 Å². The fourth-order valence-electron chi connectivity index (χ4n) is 1.46. The minimum Gasteiger partial charge on any atom is -0.406 e. The predicted octanol–water partition coefficient (Wildman–Crippen LogP) is 0.950. The highest BCUT2D eigenvalue weighted by Gasteiger charge is 2.30. The number of anilines is 1. The maximum atomic E-state index is 12.0. The molecule has 0 aliphatic carbocycles. The summed E-state index contributed by atoms with van der Waals surface area (Å²) in [6, 6.07) is 6.52. The van der Waals surface area contributed by atoms with E-state index in [1.165, 1.54) is 12.1 Å². The molecule has 0 aliphatic rings. The first kappa shape index (κ1) is 16.8. The zero-order valence-corrected chi connectivity index (χ0v) is 11.5. The molecule has 0 saturated heterocycles. The Labute approximate surface area is 119 Å². The summed E-state index contributed by atoms with van der Waals surface area (Å²) < 4.78 is 39.7. The number of alkyl halides is 3. The minimum atomic E-state index is -4.75. The lowest BCUT2D eigenvalue weighted by Crippen LogP contribution is -3.13. The summed E-state index contributed by atoms with van der Waals surface area (Å²) in [6.45, 7) is 1.77. The van der Waals surface area contributed by atoms with Crippen LogP contribution in [0.2, 0.25) is 0 Å². The molecule has 5 nitrogen and oxygen atoms in total. The van der Waals surface area contributed by atoms with Gasteiger partial charge in [0.2, 0.25) is 0 Å². The third-order valence-electron chi connectivity index (χ3n) is 2.74. The molecule has 0 aromatic heterocycles. The van der Waals surface area contributed by atoms with Crippen LogP contribution >= 0.6 is 0 Å². The SMILES string of the molecule is C[C@H](C#N)[NH+](C)CC(=O)Nc1ccc(OC(F)(F)F)cc1. The van der Waals surface area contributed by atoms with Gasteiger partial charge in [0.1, 0.15) is 11.8 Å². The van der Waals surface area contributed by atoms with Gasteiger partial charge >= 0.3 is 6.36 Å². The maximum Gasteiger partial charge on any atom is 0.573 e. The van der Waals surface area contributed by atoms with Gasteiger partial charge in [0.05, 0.1) is 7.05 Å². The number of nitrogens with zero attached hydrogens (tertiary/aromatic N) is 1. The highest BCUT2D eigenvalue weighted by Crippen LogP contribution is 2.23. The van der Waals surface area contributed by atoms with E-state index >= 15 is 0 Å². The first-order chi connectivity index (χ1) is 9.71. The van der Waals surface area contributed by atoms with Crippen molar-refractivity contribution in [2.24, 2.45) is 0 Å². The number of hydrogen-bond acceptors (Lipinski definition) is 3. The van der Waals surface area contributed by atoms with E-state index in [-0.39, 0.29) is 24.2 Å². The monoisotopic (exact) mass is 302 g/mol. The summed E-state index contributed by atoms with van der Waals surface area (Å²) in [6.07, 6.45) is -4.75. The van der Waals surface area contributed by atoms with Crippen LogP contribution in [0.4, 0.5) is 18.9 Å². The van der Waals surface area contributed by atoms with Crippen molar-refractivity contribution in [1.82, 2.24) is 0 Å². The van der Waals surface area contributed by atoms with E-state index in [1.54, 1.807) is 14.0 Å². The number of likely N-dealkylation sites (N-methyl/N-ethyl adjacent to an activating group) is 1. The first-order valence-corrected chi connectivity index (χ1v) is 6.09. The molecule has 0 saturated carbocycles. The van der Waals surface area contributed by atoms with Gasteiger partial charge in [-0.1, -0.05) is 0 Å². The smallest absolute Gasteiger partial charge is 0.406 e. The second kappa shape index (κ2) is 6.95. The molecule has 21 heavy (non-hydrogen) atoms. The van der Waals surface area contributed by atoms with Crippen LogP contribution in [0.5, 0.6) is 5.75 Å². The number of carbonyl (C=O) groups is 1. The number of ether oxygens (including phenoxy) is 1. The van der Waals surface area contributed by atoms with Crippen molar-refractivity contribution < 1.29 is 27.6 Å². The molecule has 2 N–H and O–H groups in total. The average molecular weight is 302 g/mol. The summed E-state index contributed by atoms with van der Waals surface area (Å²) in [4.78, 5) is 12.4. The molecule has 0 fully saturated rings. The summed E-state index contributed by atoms with van der Waals surface area (Å²) in [5, 5.41) is 11.3. The van der Waals surface area contributed by atoms with E-state index in [2.05, 4.69) is 10.1 Å². The van der Waals surface area contributed by atoms with Gasteiger partial charge in [-0.05, 0) is 24.3 Å². The highest BCUT2D eigenvalue weighted by molar-refractivity contribution is 5.91. The largest absolute Gasteiger partial charge is 0.573 e. The number of quaternary nitrogens is 1. The van der Waals surface area contributed by atoms with Crippen LogP contribution in [0.15, 0.2) is 24.3 Å². The summed E-state index contributed by atoms with van der Waals surface area (Å²) in [7, 11) is 1.70. The van der Waals surface area contributed by atoms with Crippen molar-refractivity contribution in [3.05, 3.63) is 24.3 Å². The van der Waals surface area contributed by atoms with Gasteiger partial charge in [-0.3, -0.25) is 4.79 Å². The molecule has 1 rings (SSSR count). The molecule has 0 radical (unpaired) electrons. The lowest BCUT2D eigenvalue weighted by molar-refractivity contribution is -0.886. The molecule has 0 heterocycles. The number of benzene rings is 1. The van der Waals surface area contributed by atoms with E-state index in [0.29, 0.717) is 10.6 Å². The molecular weight excluding hydrogens is 287 g/mol. The minimum absolute atomic E-state index is 0.0789. The Morgan fingerprint density at radius 1 is 1.43 bits per heavy atom. The van der Waals surface area contributed by atoms with Crippen LogP contribution < -0.4 is 15.0 Å². The second-order valence-electron chi connectivity index (χ2n) is 4.49. The summed E-state index contributed by atoms with van der Waals surface area (Å²) in [5.74, 6) is -0.694. The molecule has 2 atom stereocenters. The Morgan fingerprint density at radius 3 is 2.48 bits per heavy atom. The van der Waals surface area contributed by atoms with Gasteiger partial charge in [0.25, 0.3) is 5.91 Å². The number of halogens is 3. The fourth-order valence-corrected chi connectivity index (χ4v) is 1.46. The molecule has 0 bridgehead atoms. The van der Waals surface area contributed by atoms with Gasteiger partial charge in [0, 0.05) is 12.6 Å². The predicted molar refractivity (Wildman–Crippen MR) is 68.6 cm³/mol. The van der Waals surface area contributed by atoms with Crippen LogP contribution in [0.25, 0.3) is 0 Å². The van der Waals surface area contributed by atoms with Crippen LogP contribution in [0.3, 0.4) is 0 Å². The Hall–Kier alpha value is -2.27. The molecule has 8 heteroatoms. The van der Waals surface area contributed by atoms with E-state index in [0.717, 1.165) is 12.1 Å². The van der Waals surface area contributed by atoms with Crippen LogP contribution in [0, 0.1) is 11.3 Å². The van der Waals surface area contributed by atoms with Crippen molar-refractivity contribution in [3.8, 4) is 11.8 Å². The number of rotatable bonds is 5.